The summed E-state index contributed by atoms with van der Waals surface area (Å²) in [6, 6.07) is 19.2. The molecule has 1 fully saturated rings. The summed E-state index contributed by atoms with van der Waals surface area (Å²) in [5.74, 6) is 0. The van der Waals surface area contributed by atoms with Crippen molar-refractivity contribution in [1.82, 2.24) is 9.88 Å². The lowest BCUT2D eigenvalue weighted by atomic mass is 9.97. The van der Waals surface area contributed by atoms with Crippen LogP contribution in [0.25, 0.3) is 0 Å². The van der Waals surface area contributed by atoms with E-state index in [1.807, 2.05) is 61.5 Å². The zero-order valence-electron chi connectivity index (χ0n) is 17.2. The molecular formula is C24H24Cl3N3O. The molecule has 2 heterocycles. The number of aliphatic hydroxyl groups is 1. The molecule has 3 aromatic rings. The number of piperazine rings is 1. The average Bonchev–Trinajstić information content (AvgIpc) is 2.75. The molecule has 0 bridgehead atoms. The Bertz CT molecular complexity index is 1030. The molecule has 0 radical (unpaired) electrons. The van der Waals surface area contributed by atoms with Crippen LogP contribution >= 0.6 is 34.8 Å². The molecule has 4 nitrogen and oxygen atoms in total. The average molecular weight is 477 g/mol. The van der Waals surface area contributed by atoms with E-state index in [9.17, 15) is 5.11 Å². The molecule has 162 valence electrons. The fourth-order valence-corrected chi connectivity index (χ4v) is 4.80. The van der Waals surface area contributed by atoms with Crippen molar-refractivity contribution in [3.05, 3.63) is 93.2 Å². The van der Waals surface area contributed by atoms with Crippen LogP contribution in [-0.4, -0.2) is 41.2 Å². The van der Waals surface area contributed by atoms with Crippen molar-refractivity contribution in [3.63, 3.8) is 0 Å². The molecule has 31 heavy (non-hydrogen) atoms. The van der Waals surface area contributed by atoms with Gasteiger partial charge in [-0.2, -0.15) is 0 Å². The van der Waals surface area contributed by atoms with Crippen LogP contribution in [0.4, 0.5) is 5.69 Å². The minimum atomic E-state index is -1.05. The predicted octanol–water partition coefficient (Wildman–Crippen LogP) is 5.81. The molecule has 7 heteroatoms. The third-order valence-electron chi connectivity index (χ3n) is 5.69. The maximum atomic E-state index is 11.1. The van der Waals surface area contributed by atoms with Crippen molar-refractivity contribution < 1.29 is 5.11 Å². The summed E-state index contributed by atoms with van der Waals surface area (Å²) in [5, 5.41) is 13.1. The lowest BCUT2D eigenvalue weighted by Gasteiger charge is -2.45. The van der Waals surface area contributed by atoms with Crippen LogP contribution in [0, 0.1) is 0 Å². The summed E-state index contributed by atoms with van der Waals surface area (Å²) < 4.78 is 0. The second kappa shape index (κ2) is 9.35. The molecule has 0 amide bonds. The SMILES string of the molecule is C[C@@](O)(CN1CCN(c2ccc(Cl)cc2Cl)[C@H](c2ccc(Cl)cc2)C1)c1ccccn1. The van der Waals surface area contributed by atoms with E-state index in [1.54, 1.807) is 12.3 Å². The number of anilines is 1. The Kier molecular flexibility index (Phi) is 6.75. The molecule has 1 N–H and O–H groups in total. The molecule has 2 atom stereocenters. The summed E-state index contributed by atoms with van der Waals surface area (Å²) >= 11 is 18.8. The molecule has 0 aliphatic carbocycles. The molecule has 2 aromatic carbocycles. The third-order valence-corrected chi connectivity index (χ3v) is 6.48. The largest absolute Gasteiger partial charge is 0.382 e. The van der Waals surface area contributed by atoms with E-state index in [4.69, 9.17) is 34.8 Å². The Morgan fingerprint density at radius 3 is 2.42 bits per heavy atom. The summed E-state index contributed by atoms with van der Waals surface area (Å²) in [5.41, 5.74) is 1.70. The van der Waals surface area contributed by atoms with Crippen molar-refractivity contribution in [2.45, 2.75) is 18.6 Å². The summed E-state index contributed by atoms with van der Waals surface area (Å²) in [4.78, 5) is 8.93. The van der Waals surface area contributed by atoms with E-state index in [2.05, 4.69) is 14.8 Å². The quantitative estimate of drug-likeness (QED) is 0.504. The van der Waals surface area contributed by atoms with E-state index in [1.165, 1.54) is 0 Å². The first kappa shape index (κ1) is 22.4. The fourth-order valence-electron chi connectivity index (χ4n) is 4.15. The number of rotatable bonds is 5. The van der Waals surface area contributed by atoms with Gasteiger partial charge in [-0.25, -0.2) is 0 Å². The van der Waals surface area contributed by atoms with Gasteiger partial charge in [0.1, 0.15) is 5.60 Å². The Labute approximate surface area is 198 Å². The van der Waals surface area contributed by atoms with Gasteiger partial charge in [-0.15, -0.1) is 0 Å². The smallest absolute Gasteiger partial charge is 0.116 e. The van der Waals surface area contributed by atoms with Crippen molar-refractivity contribution in [3.8, 4) is 0 Å². The lowest BCUT2D eigenvalue weighted by Crippen LogP contribution is -2.52. The van der Waals surface area contributed by atoms with E-state index in [0.717, 1.165) is 30.9 Å². The van der Waals surface area contributed by atoms with Crippen LogP contribution in [0.2, 0.25) is 15.1 Å². The molecule has 1 saturated heterocycles. The highest BCUT2D eigenvalue weighted by Crippen LogP contribution is 2.37. The highest BCUT2D eigenvalue weighted by molar-refractivity contribution is 6.36. The minimum absolute atomic E-state index is 0.0456. The van der Waals surface area contributed by atoms with Crippen LogP contribution in [0.15, 0.2) is 66.9 Å². The van der Waals surface area contributed by atoms with Gasteiger partial charge in [0, 0.05) is 42.4 Å². The zero-order valence-corrected chi connectivity index (χ0v) is 19.4. The first-order valence-corrected chi connectivity index (χ1v) is 11.3. The second-order valence-electron chi connectivity index (χ2n) is 8.08. The van der Waals surface area contributed by atoms with Gasteiger partial charge in [0.05, 0.1) is 22.4 Å². The fraction of sp³-hybridized carbons (Fsp3) is 0.292. The topological polar surface area (TPSA) is 39.6 Å². The normalized spacial score (nSPS) is 19.3. The second-order valence-corrected chi connectivity index (χ2v) is 9.36. The molecule has 1 aliphatic heterocycles. The van der Waals surface area contributed by atoms with Crippen molar-refractivity contribution in [1.29, 1.82) is 0 Å². The van der Waals surface area contributed by atoms with Gasteiger partial charge < -0.3 is 10.0 Å². The highest BCUT2D eigenvalue weighted by atomic mass is 35.5. The number of hydrogen-bond acceptors (Lipinski definition) is 4. The first-order chi connectivity index (χ1) is 14.8. The molecule has 1 aliphatic rings. The third kappa shape index (κ3) is 5.16. The number of benzene rings is 2. The number of halogens is 3. The molecule has 0 unspecified atom stereocenters. The predicted molar refractivity (Wildman–Crippen MR) is 128 cm³/mol. The lowest BCUT2D eigenvalue weighted by molar-refractivity contribution is 0.00678. The maximum Gasteiger partial charge on any atom is 0.116 e. The maximum absolute atomic E-state index is 11.1. The van der Waals surface area contributed by atoms with E-state index in [0.29, 0.717) is 27.3 Å². The van der Waals surface area contributed by atoms with Crippen LogP contribution in [-0.2, 0) is 5.60 Å². The van der Waals surface area contributed by atoms with E-state index < -0.39 is 5.60 Å². The standard InChI is InChI=1S/C24H24Cl3N3O/c1-24(31,23-4-2-3-11-28-23)16-29-12-13-30(21-10-9-19(26)14-20(21)27)22(15-29)17-5-7-18(25)8-6-17/h2-11,14,22,31H,12-13,15-16H2,1H3/t22-,24+/m0/s1. The Balaban J connectivity index is 1.62. The van der Waals surface area contributed by atoms with Crippen LogP contribution in [0.3, 0.4) is 0 Å². The number of aromatic nitrogens is 1. The molecule has 0 saturated carbocycles. The Hall–Kier alpha value is -1.82. The van der Waals surface area contributed by atoms with Crippen molar-refractivity contribution in [2.24, 2.45) is 0 Å². The van der Waals surface area contributed by atoms with E-state index in [-0.39, 0.29) is 6.04 Å². The van der Waals surface area contributed by atoms with Crippen molar-refractivity contribution >= 4 is 40.5 Å². The van der Waals surface area contributed by atoms with Crippen molar-refractivity contribution in [2.75, 3.05) is 31.1 Å². The number of β-amino-alcohol motifs (C(OH)–C–C–N with tert-alkyl or cyclic N) is 1. The van der Waals surface area contributed by atoms with Gasteiger partial charge in [-0.1, -0.05) is 53.0 Å². The summed E-state index contributed by atoms with van der Waals surface area (Å²) in [7, 11) is 0. The molecular weight excluding hydrogens is 453 g/mol. The van der Waals surface area contributed by atoms with Crippen LogP contribution in [0.5, 0.6) is 0 Å². The number of hydrogen-bond donors (Lipinski definition) is 1. The zero-order chi connectivity index (χ0) is 22.0. The summed E-state index contributed by atoms with van der Waals surface area (Å²) in [6.45, 7) is 4.56. The van der Waals surface area contributed by atoms with Gasteiger partial charge in [-0.05, 0) is 55.0 Å². The first-order valence-electron chi connectivity index (χ1n) is 10.2. The van der Waals surface area contributed by atoms with Gasteiger partial charge in [0.15, 0.2) is 0 Å². The minimum Gasteiger partial charge on any atom is -0.382 e. The molecule has 1 aromatic heterocycles. The highest BCUT2D eigenvalue weighted by Gasteiger charge is 2.34. The van der Waals surface area contributed by atoms with E-state index >= 15 is 0 Å². The monoisotopic (exact) mass is 475 g/mol. The van der Waals surface area contributed by atoms with Crippen LogP contribution < -0.4 is 4.90 Å². The van der Waals surface area contributed by atoms with Gasteiger partial charge in [0.2, 0.25) is 0 Å². The summed E-state index contributed by atoms with van der Waals surface area (Å²) in [6.07, 6.45) is 1.71. The van der Waals surface area contributed by atoms with Gasteiger partial charge in [-0.3, -0.25) is 9.88 Å². The molecule has 4 rings (SSSR count). The molecule has 0 spiro atoms. The van der Waals surface area contributed by atoms with Crippen LogP contribution in [0.1, 0.15) is 24.2 Å². The Morgan fingerprint density at radius 2 is 1.74 bits per heavy atom. The number of pyridine rings is 1. The van der Waals surface area contributed by atoms with Gasteiger partial charge >= 0.3 is 0 Å². The van der Waals surface area contributed by atoms with Gasteiger partial charge in [0.25, 0.3) is 0 Å². The number of nitrogens with zero attached hydrogens (tertiary/aromatic N) is 3. The Morgan fingerprint density at radius 1 is 1.00 bits per heavy atom.